The summed E-state index contributed by atoms with van der Waals surface area (Å²) in [7, 11) is 0. The molecule has 6 heteroatoms. The van der Waals surface area contributed by atoms with Gasteiger partial charge in [0.2, 0.25) is 0 Å². The molecule has 0 rings (SSSR count). The predicted octanol–water partition coefficient (Wildman–Crippen LogP) is 8.14. The van der Waals surface area contributed by atoms with Crippen LogP contribution in [-0.2, 0) is 24.5 Å². The molecule has 0 aromatic rings. The molecule has 208 valence electrons. The third-order valence-corrected chi connectivity index (χ3v) is 6.94. The van der Waals surface area contributed by atoms with Crippen molar-refractivity contribution >= 4 is 0 Å². The minimum atomic E-state index is -5.62. The molecule has 0 amide bonds. The fourth-order valence-corrected chi connectivity index (χ4v) is 4.87. The van der Waals surface area contributed by atoms with Gasteiger partial charge in [0, 0.05) is 0 Å². The minimum absolute atomic E-state index is 1.37. The van der Waals surface area contributed by atoms with Crippen molar-refractivity contribution in [2.24, 2.45) is 0 Å². The third kappa shape index (κ3) is 29.9. The van der Waals surface area contributed by atoms with E-state index >= 15 is 0 Å². The van der Waals surface area contributed by atoms with Gasteiger partial charge in [-0.25, -0.2) is 0 Å². The van der Waals surface area contributed by atoms with Gasteiger partial charge in [0.25, 0.3) is 0 Å². The van der Waals surface area contributed by atoms with Gasteiger partial charge in [0.15, 0.2) is 0 Å². The Hall–Kier alpha value is -0.161. The van der Waals surface area contributed by atoms with Crippen LogP contribution in [0.25, 0.3) is 0 Å². The molecule has 0 bridgehead atoms. The first kappa shape index (κ1) is 36.0. The second kappa shape index (κ2) is 25.9. The molecule has 0 aliphatic rings. The Bertz CT molecular complexity index is 482. The van der Waals surface area contributed by atoms with Crippen molar-refractivity contribution < 1.29 is 33.1 Å². The number of nitrogens with zero attached hydrogens (tertiary/aromatic N) is 1. The summed E-state index contributed by atoms with van der Waals surface area (Å²) < 4.78 is 35.8. The van der Waals surface area contributed by atoms with Gasteiger partial charge in [0.05, 0.1) is 26.2 Å². The van der Waals surface area contributed by atoms with Crippen LogP contribution in [0.1, 0.15) is 156 Å². The van der Waals surface area contributed by atoms with Crippen LogP contribution in [0.2, 0.25) is 0 Å². The molecule has 0 aliphatic heterocycles. The molecule has 0 heterocycles. The molecule has 0 aliphatic carbocycles. The van der Waals surface area contributed by atoms with E-state index in [-0.39, 0.29) is 0 Å². The van der Waals surface area contributed by atoms with E-state index < -0.39 is 13.0 Å². The average Bonchev–Trinajstić information content (AvgIpc) is 2.77. The molecular formula is C28H60MnNO4. The maximum absolute atomic E-state index is 8.58. The average molecular weight is 530 g/mol. The van der Waals surface area contributed by atoms with Crippen molar-refractivity contribution in [2.75, 3.05) is 26.2 Å². The van der Waals surface area contributed by atoms with E-state index in [4.69, 9.17) is 15.7 Å². The van der Waals surface area contributed by atoms with Crippen molar-refractivity contribution in [1.29, 1.82) is 0 Å². The molecule has 5 nitrogen and oxygen atoms in total. The summed E-state index contributed by atoms with van der Waals surface area (Å²) in [5.74, 6) is 0. The number of rotatable bonds is 24. The second-order valence-corrected chi connectivity index (χ2v) is 11.5. The zero-order chi connectivity index (χ0) is 26.0. The summed E-state index contributed by atoms with van der Waals surface area (Å²) in [5, 5.41) is 0. The molecule has 0 unspecified atom stereocenters. The molecule has 0 atom stereocenters. The predicted molar refractivity (Wildman–Crippen MR) is 137 cm³/mol. The standard InChI is InChI=1S/C28H60N.Mn.4O/c1-5-9-13-17-21-25-29(26-22-18-14-10-6-2,27-23-19-15-11-7-3)28-24-20-16-12-8-4;;;;;/h5-28H2,1-4H3;;;;;/q+1;;;;;-1. The van der Waals surface area contributed by atoms with E-state index in [0.29, 0.717) is 0 Å². The van der Waals surface area contributed by atoms with Crippen molar-refractivity contribution in [3.05, 3.63) is 0 Å². The van der Waals surface area contributed by atoms with Gasteiger partial charge in [-0.2, -0.15) is 0 Å². The Morgan fingerprint density at radius 1 is 0.412 bits per heavy atom. The number of hydrogen-bond donors (Lipinski definition) is 0. The van der Waals surface area contributed by atoms with Gasteiger partial charge in [-0.05, 0) is 51.4 Å². The Morgan fingerprint density at radius 2 is 0.588 bits per heavy atom. The molecule has 0 fully saturated rings. The van der Waals surface area contributed by atoms with Crippen LogP contribution in [0.5, 0.6) is 0 Å². The van der Waals surface area contributed by atoms with Crippen LogP contribution in [0.3, 0.4) is 0 Å². The second-order valence-electron chi connectivity index (χ2n) is 10.3. The summed E-state index contributed by atoms with van der Waals surface area (Å²) in [4.78, 5) is 0. The van der Waals surface area contributed by atoms with E-state index in [9.17, 15) is 0 Å². The van der Waals surface area contributed by atoms with Crippen LogP contribution in [-0.4, -0.2) is 30.7 Å². The van der Waals surface area contributed by atoms with E-state index in [1.807, 2.05) is 0 Å². The number of quaternary nitrogens is 1. The van der Waals surface area contributed by atoms with Gasteiger partial charge in [0.1, 0.15) is 0 Å². The molecule has 0 spiro atoms. The quantitative estimate of drug-likeness (QED) is 0.0718. The molecule has 0 aromatic heterocycles. The van der Waals surface area contributed by atoms with E-state index in [2.05, 4.69) is 27.7 Å². The van der Waals surface area contributed by atoms with Crippen LogP contribution in [0.15, 0.2) is 0 Å². The SMILES string of the molecule is CCCCCCC[N+](CCCCCCC)(CCCCCCC)CCCCCCC.[O]=[Mn](=[O])(=[O])[O-]. The fraction of sp³-hybridized carbons (Fsp3) is 1.00. The monoisotopic (exact) mass is 529 g/mol. The number of hydrogen-bond acceptors (Lipinski definition) is 4. The molecule has 0 N–H and O–H groups in total. The van der Waals surface area contributed by atoms with E-state index in [1.165, 1.54) is 159 Å². The van der Waals surface area contributed by atoms with Crippen molar-refractivity contribution in [1.82, 2.24) is 0 Å². The Morgan fingerprint density at radius 3 is 0.765 bits per heavy atom. The van der Waals surface area contributed by atoms with Crippen LogP contribution >= 0.6 is 0 Å². The van der Waals surface area contributed by atoms with Gasteiger partial charge in [-0.1, -0.05) is 105 Å². The molecule has 34 heavy (non-hydrogen) atoms. The molecule has 0 saturated heterocycles. The van der Waals surface area contributed by atoms with E-state index in [0.717, 1.165) is 0 Å². The maximum atomic E-state index is 8.58. The first-order valence-corrected chi connectivity index (χ1v) is 16.6. The van der Waals surface area contributed by atoms with Crippen LogP contribution < -0.4 is 4.19 Å². The molecule has 0 aromatic carbocycles. The van der Waals surface area contributed by atoms with Crippen LogP contribution in [0, 0.1) is 0 Å². The Balaban J connectivity index is 0. The fourth-order valence-electron chi connectivity index (χ4n) is 4.87. The van der Waals surface area contributed by atoms with Gasteiger partial charge < -0.3 is 4.48 Å². The normalized spacial score (nSPS) is 11.9. The Labute approximate surface area is 215 Å². The summed E-state index contributed by atoms with van der Waals surface area (Å²) in [6.07, 6.45) is 28.8. The topological polar surface area (TPSA) is 74.3 Å². The van der Waals surface area contributed by atoms with Crippen molar-refractivity contribution in [3.8, 4) is 0 Å². The van der Waals surface area contributed by atoms with Gasteiger partial charge in [-0.3, -0.25) is 0 Å². The zero-order valence-electron chi connectivity index (χ0n) is 23.4. The third-order valence-electron chi connectivity index (χ3n) is 6.94. The summed E-state index contributed by atoms with van der Waals surface area (Å²) in [6.45, 7) is 15.2. The van der Waals surface area contributed by atoms with Gasteiger partial charge >= 0.3 is 28.7 Å². The molecule has 0 saturated carbocycles. The number of unbranched alkanes of at least 4 members (excludes halogenated alkanes) is 16. The Kier molecular flexibility index (Phi) is 27.4. The summed E-state index contributed by atoms with van der Waals surface area (Å²) in [5.41, 5.74) is 0. The summed E-state index contributed by atoms with van der Waals surface area (Å²) >= 11 is -5.62. The first-order valence-electron chi connectivity index (χ1n) is 14.7. The zero-order valence-corrected chi connectivity index (χ0v) is 24.6. The first-order chi connectivity index (χ1) is 16.2. The van der Waals surface area contributed by atoms with E-state index in [1.54, 1.807) is 0 Å². The van der Waals surface area contributed by atoms with Crippen molar-refractivity contribution in [2.45, 2.75) is 156 Å². The van der Waals surface area contributed by atoms with Gasteiger partial charge in [-0.15, -0.1) is 0 Å². The van der Waals surface area contributed by atoms with Crippen molar-refractivity contribution in [3.63, 3.8) is 0 Å². The molecular weight excluding hydrogens is 469 g/mol. The molecule has 0 radical (unpaired) electrons. The summed E-state index contributed by atoms with van der Waals surface area (Å²) in [6, 6.07) is 0. The van der Waals surface area contributed by atoms with Crippen LogP contribution in [0.4, 0.5) is 0 Å².